The first-order chi connectivity index (χ1) is 7.33. The zero-order chi connectivity index (χ0) is 10.7. The summed E-state index contributed by atoms with van der Waals surface area (Å²) >= 11 is 1.44. The van der Waals surface area contributed by atoms with E-state index in [4.69, 9.17) is 9.47 Å². The first kappa shape index (κ1) is 10.1. The number of ether oxygens (including phenoxy) is 2. The maximum atomic E-state index is 11.5. The zero-order valence-corrected chi connectivity index (χ0v) is 8.94. The van der Waals surface area contributed by atoms with E-state index in [1.807, 2.05) is 0 Å². The lowest BCUT2D eigenvalue weighted by atomic mass is 10.1. The number of carbonyl (C=O) groups excluding carboxylic acids is 1. The maximum absolute atomic E-state index is 11.5. The third-order valence-corrected chi connectivity index (χ3v) is 2.81. The van der Waals surface area contributed by atoms with Crippen LogP contribution in [0.15, 0.2) is 16.7 Å². The highest BCUT2D eigenvalue weighted by Crippen LogP contribution is 2.29. The Labute approximate surface area is 90.8 Å². The Morgan fingerprint density at radius 2 is 2.60 bits per heavy atom. The van der Waals surface area contributed by atoms with Crippen LogP contribution in [-0.2, 0) is 14.3 Å². The molecule has 5 nitrogen and oxygen atoms in total. The lowest BCUT2D eigenvalue weighted by molar-refractivity contribution is -0.146. The lowest BCUT2D eigenvalue weighted by Gasteiger charge is -2.13. The van der Waals surface area contributed by atoms with Gasteiger partial charge in [-0.15, -0.1) is 11.3 Å². The number of hydrogen-bond donors (Lipinski definition) is 0. The molecule has 0 radical (unpaired) electrons. The van der Waals surface area contributed by atoms with Gasteiger partial charge in [-0.1, -0.05) is 0 Å². The van der Waals surface area contributed by atoms with Crippen LogP contribution >= 0.6 is 11.3 Å². The van der Waals surface area contributed by atoms with Crippen LogP contribution in [0.25, 0.3) is 0 Å². The fourth-order valence-corrected chi connectivity index (χ4v) is 2.00. The van der Waals surface area contributed by atoms with E-state index in [9.17, 15) is 4.79 Å². The van der Waals surface area contributed by atoms with Crippen molar-refractivity contribution in [1.82, 2.24) is 4.98 Å². The summed E-state index contributed by atoms with van der Waals surface area (Å²) < 4.78 is 10.2. The summed E-state index contributed by atoms with van der Waals surface area (Å²) in [4.78, 5) is 20.3. The third-order valence-electron chi connectivity index (χ3n) is 1.98. The maximum Gasteiger partial charge on any atom is 0.335 e. The summed E-state index contributed by atoms with van der Waals surface area (Å²) in [6, 6.07) is -0.592. The van der Waals surface area contributed by atoms with E-state index in [-0.39, 0.29) is 12.1 Å². The highest BCUT2D eigenvalue weighted by molar-refractivity contribution is 7.09. The number of nitrogens with zero attached hydrogens (tertiary/aromatic N) is 2. The van der Waals surface area contributed by atoms with E-state index >= 15 is 0 Å². The average molecular weight is 226 g/mol. The molecule has 0 aliphatic carbocycles. The van der Waals surface area contributed by atoms with Crippen molar-refractivity contribution < 1.29 is 14.3 Å². The molecule has 15 heavy (non-hydrogen) atoms. The number of esters is 1. The van der Waals surface area contributed by atoms with Crippen molar-refractivity contribution in [2.45, 2.75) is 19.1 Å². The van der Waals surface area contributed by atoms with Gasteiger partial charge in [0.15, 0.2) is 18.5 Å². The molecule has 1 aliphatic heterocycles. The number of hydrogen-bond acceptors (Lipinski definition) is 6. The molecule has 1 aliphatic rings. The molecular formula is C9H10N2O3S. The van der Waals surface area contributed by atoms with Crippen LogP contribution in [0.2, 0.25) is 0 Å². The number of aromatic nitrogens is 1. The minimum Gasteiger partial charge on any atom is -0.472 e. The molecule has 80 valence electrons. The second-order valence-electron chi connectivity index (χ2n) is 2.91. The molecule has 0 amide bonds. The lowest BCUT2D eigenvalue weighted by Crippen LogP contribution is -2.25. The fourth-order valence-electron chi connectivity index (χ4n) is 1.32. The van der Waals surface area contributed by atoms with Crippen LogP contribution in [0.3, 0.4) is 0 Å². The van der Waals surface area contributed by atoms with E-state index in [1.165, 1.54) is 17.7 Å². The van der Waals surface area contributed by atoms with Crippen molar-refractivity contribution in [1.29, 1.82) is 0 Å². The minimum atomic E-state index is -0.592. The zero-order valence-electron chi connectivity index (χ0n) is 8.12. The monoisotopic (exact) mass is 226 g/mol. The molecule has 0 bridgehead atoms. The van der Waals surface area contributed by atoms with Crippen molar-refractivity contribution in [2.75, 3.05) is 6.61 Å². The van der Waals surface area contributed by atoms with Crippen molar-refractivity contribution in [3.8, 4) is 0 Å². The predicted octanol–water partition coefficient (Wildman–Crippen LogP) is 1.17. The first-order valence-electron chi connectivity index (χ1n) is 4.55. The van der Waals surface area contributed by atoms with Crippen LogP contribution in [0, 0.1) is 0 Å². The molecule has 1 aromatic rings. The Morgan fingerprint density at radius 1 is 1.73 bits per heavy atom. The molecule has 0 aromatic carbocycles. The summed E-state index contributed by atoms with van der Waals surface area (Å²) in [5, 5.41) is 0. The van der Waals surface area contributed by atoms with Gasteiger partial charge in [-0.2, -0.15) is 0 Å². The van der Waals surface area contributed by atoms with Gasteiger partial charge in [0.2, 0.25) is 0 Å². The Morgan fingerprint density at radius 3 is 3.27 bits per heavy atom. The van der Waals surface area contributed by atoms with Crippen LogP contribution < -0.4 is 0 Å². The molecule has 0 saturated heterocycles. The Balaban J connectivity index is 2.11. The Hall–Kier alpha value is -1.43. The van der Waals surface area contributed by atoms with Gasteiger partial charge in [-0.25, -0.2) is 9.79 Å². The summed E-state index contributed by atoms with van der Waals surface area (Å²) in [6.45, 7) is 2.11. The molecule has 0 saturated carbocycles. The minimum absolute atomic E-state index is 0.347. The highest BCUT2D eigenvalue weighted by Gasteiger charge is 2.35. The topological polar surface area (TPSA) is 60.8 Å². The summed E-state index contributed by atoms with van der Waals surface area (Å²) in [7, 11) is 0. The van der Waals surface area contributed by atoms with Gasteiger partial charge in [0.05, 0.1) is 17.0 Å². The van der Waals surface area contributed by atoms with Crippen LogP contribution in [-0.4, -0.2) is 30.0 Å². The smallest absolute Gasteiger partial charge is 0.335 e. The fraction of sp³-hybridized carbons (Fsp3) is 0.444. The summed E-state index contributed by atoms with van der Waals surface area (Å²) in [6.07, 6.45) is 2.60. The third kappa shape index (κ3) is 1.99. The molecular weight excluding hydrogens is 216 g/mol. The van der Waals surface area contributed by atoms with Crippen molar-refractivity contribution in [2.24, 2.45) is 4.99 Å². The van der Waals surface area contributed by atoms with Crippen LogP contribution in [0.4, 0.5) is 0 Å². The van der Waals surface area contributed by atoms with E-state index in [0.29, 0.717) is 6.61 Å². The number of thiazole rings is 1. The van der Waals surface area contributed by atoms with E-state index < -0.39 is 6.04 Å². The normalized spacial score (nSPS) is 23.8. The second-order valence-corrected chi connectivity index (χ2v) is 3.83. The second kappa shape index (κ2) is 4.39. The van der Waals surface area contributed by atoms with E-state index in [0.717, 1.165) is 4.88 Å². The van der Waals surface area contributed by atoms with Gasteiger partial charge >= 0.3 is 5.97 Å². The molecule has 2 atom stereocenters. The Kier molecular flexibility index (Phi) is 2.96. The van der Waals surface area contributed by atoms with Gasteiger partial charge in [-0.3, -0.25) is 4.98 Å². The molecule has 6 heteroatoms. The molecule has 2 unspecified atom stereocenters. The summed E-state index contributed by atoms with van der Waals surface area (Å²) in [5.41, 5.74) is 1.69. The highest BCUT2D eigenvalue weighted by atomic mass is 32.1. The molecule has 0 N–H and O–H groups in total. The van der Waals surface area contributed by atoms with E-state index in [1.54, 1.807) is 18.6 Å². The molecule has 2 rings (SSSR count). The Bertz CT molecular complexity index is 363. The first-order valence-corrected chi connectivity index (χ1v) is 5.43. The van der Waals surface area contributed by atoms with Crippen molar-refractivity contribution >= 4 is 23.7 Å². The molecule has 0 fully saturated rings. The standard InChI is InChI=1S/C9H10N2O3S/c1-2-13-9(12)7-8(14-4-11-7)6-3-10-5-15-6/h3-5,7-8H,2H2,1H3. The van der Waals surface area contributed by atoms with Crippen LogP contribution in [0.1, 0.15) is 17.9 Å². The largest absolute Gasteiger partial charge is 0.472 e. The van der Waals surface area contributed by atoms with Crippen LogP contribution in [0.5, 0.6) is 0 Å². The van der Waals surface area contributed by atoms with Crippen molar-refractivity contribution in [3.63, 3.8) is 0 Å². The van der Waals surface area contributed by atoms with Gasteiger partial charge in [0.1, 0.15) is 0 Å². The van der Waals surface area contributed by atoms with Crippen molar-refractivity contribution in [3.05, 3.63) is 16.6 Å². The number of aliphatic imine (C=N–C) groups is 1. The van der Waals surface area contributed by atoms with Gasteiger partial charge < -0.3 is 9.47 Å². The SMILES string of the molecule is CCOC(=O)C1N=COC1c1cncs1. The van der Waals surface area contributed by atoms with E-state index in [2.05, 4.69) is 9.98 Å². The number of rotatable bonds is 3. The summed E-state index contributed by atoms with van der Waals surface area (Å²) in [5.74, 6) is -0.357. The van der Waals surface area contributed by atoms with Gasteiger partial charge in [0, 0.05) is 6.20 Å². The molecule has 1 aromatic heterocycles. The predicted molar refractivity (Wildman–Crippen MR) is 54.9 cm³/mol. The molecule has 0 spiro atoms. The van der Waals surface area contributed by atoms with Gasteiger partial charge in [-0.05, 0) is 6.92 Å². The molecule has 2 heterocycles. The quantitative estimate of drug-likeness (QED) is 0.726. The van der Waals surface area contributed by atoms with Gasteiger partial charge in [0.25, 0.3) is 0 Å². The average Bonchev–Trinajstić information content (AvgIpc) is 2.88. The number of carbonyl (C=O) groups is 1.